The molecule has 24 heavy (non-hydrogen) atoms. The maximum atomic E-state index is 10.7. The standard InChI is InChI=1S/C12H19O6P.C3H4O2/c13-19(14,15)16-9-12(17-10-5-1-2-6-10)18-11-7-3-4-8-11;1-2-3(4)5/h5,7,12H,1-4,6,8-9H2,(H2,13,14,15);2H,1H2,(H,4,5). The molecule has 2 aliphatic carbocycles. The molecule has 0 amide bonds. The van der Waals surface area contributed by atoms with Gasteiger partial charge in [-0.05, 0) is 37.8 Å². The van der Waals surface area contributed by atoms with E-state index in [1.54, 1.807) is 0 Å². The van der Waals surface area contributed by atoms with Gasteiger partial charge in [-0.1, -0.05) is 6.58 Å². The molecule has 0 unspecified atom stereocenters. The van der Waals surface area contributed by atoms with Crippen molar-refractivity contribution in [1.82, 2.24) is 0 Å². The molecule has 8 nitrogen and oxygen atoms in total. The van der Waals surface area contributed by atoms with E-state index in [-0.39, 0.29) is 6.61 Å². The number of hydrogen-bond donors (Lipinski definition) is 3. The second-order valence-corrected chi connectivity index (χ2v) is 6.36. The molecule has 0 aliphatic heterocycles. The van der Waals surface area contributed by atoms with Crippen molar-refractivity contribution in [2.75, 3.05) is 6.61 Å². The van der Waals surface area contributed by atoms with E-state index in [2.05, 4.69) is 11.1 Å². The number of phosphoric ester groups is 1. The molecular formula is C15H23O8P. The van der Waals surface area contributed by atoms with Gasteiger partial charge in [0.2, 0.25) is 0 Å². The molecule has 0 aromatic carbocycles. The van der Waals surface area contributed by atoms with Crippen molar-refractivity contribution < 1.29 is 38.3 Å². The fourth-order valence-corrected chi connectivity index (χ4v) is 2.40. The van der Waals surface area contributed by atoms with Crippen LogP contribution in [-0.2, 0) is 23.4 Å². The van der Waals surface area contributed by atoms with Crippen LogP contribution in [0.5, 0.6) is 0 Å². The molecule has 0 fully saturated rings. The Hall–Kier alpha value is -1.60. The lowest BCUT2D eigenvalue weighted by Gasteiger charge is -2.21. The van der Waals surface area contributed by atoms with Crippen LogP contribution >= 0.6 is 7.82 Å². The Morgan fingerprint density at radius 3 is 1.96 bits per heavy atom. The number of phosphoric acid groups is 1. The van der Waals surface area contributed by atoms with Gasteiger partial charge in [-0.15, -0.1) is 0 Å². The van der Waals surface area contributed by atoms with E-state index in [0.717, 1.165) is 56.1 Å². The van der Waals surface area contributed by atoms with Crippen molar-refractivity contribution in [3.8, 4) is 0 Å². The molecule has 0 heterocycles. The minimum absolute atomic E-state index is 0.293. The highest BCUT2D eigenvalue weighted by Gasteiger charge is 2.23. The first-order chi connectivity index (χ1) is 11.3. The topological polar surface area (TPSA) is 123 Å². The summed E-state index contributed by atoms with van der Waals surface area (Å²) in [5.41, 5.74) is 0. The summed E-state index contributed by atoms with van der Waals surface area (Å²) in [7, 11) is -4.51. The summed E-state index contributed by atoms with van der Waals surface area (Å²) in [6.07, 6.45) is 9.61. The summed E-state index contributed by atoms with van der Waals surface area (Å²) in [5, 5.41) is 7.60. The van der Waals surface area contributed by atoms with Crippen LogP contribution in [0.25, 0.3) is 0 Å². The average Bonchev–Trinajstić information content (AvgIpc) is 3.18. The molecule has 0 saturated heterocycles. The summed E-state index contributed by atoms with van der Waals surface area (Å²) in [6.45, 7) is 2.67. The van der Waals surface area contributed by atoms with Crippen LogP contribution in [0.15, 0.2) is 36.3 Å². The minimum Gasteiger partial charge on any atom is -0.478 e. The third-order valence-electron chi connectivity index (χ3n) is 3.12. The molecule has 0 saturated carbocycles. The lowest BCUT2D eigenvalue weighted by Crippen LogP contribution is -2.22. The predicted octanol–water partition coefficient (Wildman–Crippen LogP) is 2.85. The highest BCUT2D eigenvalue weighted by atomic mass is 31.2. The van der Waals surface area contributed by atoms with Gasteiger partial charge in [-0.2, -0.15) is 0 Å². The first-order valence-electron chi connectivity index (χ1n) is 7.57. The zero-order valence-electron chi connectivity index (χ0n) is 13.3. The Kier molecular flexibility index (Phi) is 8.78. The van der Waals surface area contributed by atoms with Gasteiger partial charge in [-0.3, -0.25) is 4.52 Å². The van der Waals surface area contributed by atoms with E-state index in [1.165, 1.54) is 0 Å². The highest BCUT2D eigenvalue weighted by molar-refractivity contribution is 7.46. The van der Waals surface area contributed by atoms with Gasteiger partial charge < -0.3 is 24.4 Å². The Morgan fingerprint density at radius 1 is 1.21 bits per heavy atom. The van der Waals surface area contributed by atoms with Crippen LogP contribution in [0.3, 0.4) is 0 Å². The Balaban J connectivity index is 0.000000505. The molecule has 0 aromatic heterocycles. The molecule has 0 atom stereocenters. The van der Waals surface area contributed by atoms with Crippen LogP contribution in [0.2, 0.25) is 0 Å². The smallest absolute Gasteiger partial charge is 0.469 e. The van der Waals surface area contributed by atoms with E-state index in [0.29, 0.717) is 0 Å². The molecule has 2 rings (SSSR count). The molecule has 0 bridgehead atoms. The van der Waals surface area contributed by atoms with Gasteiger partial charge >= 0.3 is 13.8 Å². The maximum absolute atomic E-state index is 10.7. The summed E-state index contributed by atoms with van der Waals surface area (Å²) >= 11 is 0. The molecule has 136 valence electrons. The molecule has 0 radical (unpaired) electrons. The monoisotopic (exact) mass is 362 g/mol. The lowest BCUT2D eigenvalue weighted by atomic mass is 10.3. The highest BCUT2D eigenvalue weighted by Crippen LogP contribution is 2.36. The van der Waals surface area contributed by atoms with Crippen LogP contribution in [0.4, 0.5) is 0 Å². The van der Waals surface area contributed by atoms with E-state index >= 15 is 0 Å². The maximum Gasteiger partial charge on any atom is 0.469 e. The second kappa shape index (κ2) is 10.3. The van der Waals surface area contributed by atoms with Crippen molar-refractivity contribution in [1.29, 1.82) is 0 Å². The van der Waals surface area contributed by atoms with Gasteiger partial charge in [-0.25, -0.2) is 9.36 Å². The molecule has 0 aromatic rings. The lowest BCUT2D eigenvalue weighted by molar-refractivity contribution is -0.131. The van der Waals surface area contributed by atoms with E-state index in [4.69, 9.17) is 24.4 Å². The minimum atomic E-state index is -4.51. The van der Waals surface area contributed by atoms with E-state index in [9.17, 15) is 9.36 Å². The number of aliphatic carboxylic acids is 1. The van der Waals surface area contributed by atoms with Crippen LogP contribution < -0.4 is 0 Å². The largest absolute Gasteiger partial charge is 0.478 e. The van der Waals surface area contributed by atoms with Gasteiger partial charge in [0.1, 0.15) is 6.61 Å². The number of carboxylic acid groups (broad SMARTS) is 1. The van der Waals surface area contributed by atoms with Crippen molar-refractivity contribution in [3.05, 3.63) is 36.3 Å². The second-order valence-electron chi connectivity index (χ2n) is 5.12. The molecule has 2 aliphatic rings. The van der Waals surface area contributed by atoms with Crippen molar-refractivity contribution in [3.63, 3.8) is 0 Å². The van der Waals surface area contributed by atoms with Gasteiger partial charge in [0, 0.05) is 18.9 Å². The summed E-state index contributed by atoms with van der Waals surface area (Å²) in [4.78, 5) is 26.7. The quantitative estimate of drug-likeness (QED) is 0.342. The zero-order chi connectivity index (χ0) is 18.0. The van der Waals surface area contributed by atoms with Crippen LogP contribution in [-0.4, -0.2) is 33.8 Å². The third-order valence-corrected chi connectivity index (χ3v) is 3.60. The average molecular weight is 362 g/mol. The third kappa shape index (κ3) is 9.52. The number of rotatable bonds is 8. The number of carboxylic acids is 1. The normalized spacial score (nSPS) is 16.8. The summed E-state index contributed by atoms with van der Waals surface area (Å²) in [6, 6.07) is 0. The predicted molar refractivity (Wildman–Crippen MR) is 85.7 cm³/mol. The van der Waals surface area contributed by atoms with Crippen molar-refractivity contribution in [2.45, 2.75) is 44.8 Å². The molecule has 9 heteroatoms. The van der Waals surface area contributed by atoms with Gasteiger partial charge in [0.05, 0.1) is 11.5 Å². The molecule has 0 spiro atoms. The SMILES string of the molecule is C=CC(=O)O.O=P(O)(O)OCC(OC1=CCCC1)OC1=CCCC1. The first kappa shape index (κ1) is 20.4. The summed E-state index contributed by atoms with van der Waals surface area (Å²) < 4.78 is 26.4. The number of hydrogen-bond acceptors (Lipinski definition) is 5. The van der Waals surface area contributed by atoms with Crippen molar-refractivity contribution >= 4 is 13.8 Å². The van der Waals surface area contributed by atoms with Crippen LogP contribution in [0, 0.1) is 0 Å². The Bertz CT molecular complexity index is 508. The van der Waals surface area contributed by atoms with E-state index in [1.807, 2.05) is 12.2 Å². The van der Waals surface area contributed by atoms with Crippen molar-refractivity contribution in [2.24, 2.45) is 0 Å². The Labute approximate surface area is 140 Å². The number of ether oxygens (including phenoxy) is 2. The molecule has 3 N–H and O–H groups in total. The summed E-state index contributed by atoms with van der Waals surface area (Å²) in [5.74, 6) is 0.626. The first-order valence-corrected chi connectivity index (χ1v) is 9.10. The fraction of sp³-hybridized carbons (Fsp3) is 0.533. The Morgan fingerprint density at radius 2 is 1.67 bits per heavy atom. The van der Waals surface area contributed by atoms with Gasteiger partial charge in [0.25, 0.3) is 6.29 Å². The number of allylic oxidation sites excluding steroid dienone is 4. The van der Waals surface area contributed by atoms with E-state index < -0.39 is 20.1 Å². The molecular weight excluding hydrogens is 339 g/mol. The zero-order valence-corrected chi connectivity index (χ0v) is 14.2. The fourth-order valence-electron chi connectivity index (χ4n) is 2.08. The number of carbonyl (C=O) groups is 1. The van der Waals surface area contributed by atoms with Crippen LogP contribution in [0.1, 0.15) is 38.5 Å². The van der Waals surface area contributed by atoms with Gasteiger partial charge in [0.15, 0.2) is 0 Å².